The Morgan fingerprint density at radius 2 is 2.31 bits per heavy atom. The maximum atomic E-state index is 11.2. The molecule has 1 heterocycles. The van der Waals surface area contributed by atoms with Crippen LogP contribution in [0.15, 0.2) is 29.4 Å². The largest absolute Gasteiger partial charge is 0.275 e. The van der Waals surface area contributed by atoms with Crippen LogP contribution in [0.3, 0.4) is 0 Å². The first-order valence-corrected chi connectivity index (χ1v) is 4.53. The number of nitrogens with one attached hydrogen (secondary N) is 1. The fourth-order valence-electron chi connectivity index (χ4n) is 1.25. The number of nitro benzene ring substituents is 1. The minimum Gasteiger partial charge on any atom is -0.275 e. The molecule has 16 heavy (non-hydrogen) atoms. The van der Waals surface area contributed by atoms with Gasteiger partial charge in [0.1, 0.15) is 0 Å². The second kappa shape index (κ2) is 3.97. The van der Waals surface area contributed by atoms with Gasteiger partial charge in [0.05, 0.1) is 17.0 Å². The number of anilines is 1. The second-order valence-electron chi connectivity index (χ2n) is 3.13. The van der Waals surface area contributed by atoms with E-state index in [2.05, 4.69) is 10.5 Å². The first kappa shape index (κ1) is 10.1. The summed E-state index contributed by atoms with van der Waals surface area (Å²) in [6, 6.07) is 5.86. The van der Waals surface area contributed by atoms with Crippen LogP contribution in [-0.4, -0.2) is 22.2 Å². The lowest BCUT2D eigenvalue weighted by Crippen LogP contribution is -2.27. The highest BCUT2D eigenvalue weighted by Gasteiger charge is 2.17. The molecule has 0 aliphatic carbocycles. The van der Waals surface area contributed by atoms with Crippen molar-refractivity contribution in [2.24, 2.45) is 5.10 Å². The molecular weight excluding hydrogens is 212 g/mol. The Morgan fingerprint density at radius 1 is 1.50 bits per heavy atom. The quantitative estimate of drug-likeness (QED) is 0.611. The highest BCUT2D eigenvalue weighted by atomic mass is 16.6. The number of benzene rings is 1. The summed E-state index contributed by atoms with van der Waals surface area (Å²) in [5.74, 6) is -0.202. The van der Waals surface area contributed by atoms with Gasteiger partial charge in [-0.2, -0.15) is 5.10 Å². The van der Waals surface area contributed by atoms with E-state index in [1.165, 1.54) is 24.4 Å². The molecular formula is C9H8N4O3. The zero-order valence-corrected chi connectivity index (χ0v) is 8.16. The minimum absolute atomic E-state index is 0.0411. The number of hydrazine groups is 1. The molecule has 0 radical (unpaired) electrons. The molecule has 0 fully saturated rings. The normalized spacial score (nSPS) is 14.2. The van der Waals surface area contributed by atoms with Gasteiger partial charge in [0.2, 0.25) is 0 Å². The van der Waals surface area contributed by atoms with Gasteiger partial charge in [-0.15, -0.1) is 5.12 Å². The van der Waals surface area contributed by atoms with E-state index >= 15 is 0 Å². The van der Waals surface area contributed by atoms with Crippen LogP contribution in [0.5, 0.6) is 0 Å². The molecule has 0 atom stereocenters. The standard InChI is InChI=1S/C9H8N4O3/c14-9-4-5-10-12(9)11-7-2-1-3-8(6-7)13(15)16/h1-3,5-6,11H,4H2. The van der Waals surface area contributed by atoms with Crippen LogP contribution >= 0.6 is 0 Å². The minimum atomic E-state index is -0.500. The van der Waals surface area contributed by atoms with Crippen molar-refractivity contribution in [3.05, 3.63) is 34.4 Å². The molecule has 1 aliphatic rings. The Hall–Kier alpha value is -2.44. The van der Waals surface area contributed by atoms with Gasteiger partial charge in [-0.1, -0.05) is 6.07 Å². The number of hydrazone groups is 1. The number of hydrogen-bond donors (Lipinski definition) is 1. The summed E-state index contributed by atoms with van der Waals surface area (Å²) < 4.78 is 0. The molecule has 0 bridgehead atoms. The summed E-state index contributed by atoms with van der Waals surface area (Å²) in [5, 5.41) is 15.3. The van der Waals surface area contributed by atoms with E-state index in [1.54, 1.807) is 6.07 Å². The second-order valence-corrected chi connectivity index (χ2v) is 3.13. The lowest BCUT2D eigenvalue weighted by molar-refractivity contribution is -0.384. The molecule has 0 unspecified atom stereocenters. The zero-order chi connectivity index (χ0) is 11.5. The fourth-order valence-corrected chi connectivity index (χ4v) is 1.25. The van der Waals surface area contributed by atoms with Crippen LogP contribution in [0.4, 0.5) is 11.4 Å². The maximum Gasteiger partial charge on any atom is 0.271 e. The van der Waals surface area contributed by atoms with Crippen molar-refractivity contribution in [2.45, 2.75) is 6.42 Å². The Labute approximate surface area is 90.5 Å². The molecule has 1 N–H and O–H groups in total. The number of non-ortho nitro benzene ring substituents is 1. The molecule has 1 amide bonds. The number of amides is 1. The lowest BCUT2D eigenvalue weighted by atomic mass is 10.3. The highest BCUT2D eigenvalue weighted by molar-refractivity contribution is 5.94. The van der Waals surface area contributed by atoms with Crippen LogP contribution in [0.2, 0.25) is 0 Å². The van der Waals surface area contributed by atoms with Crippen LogP contribution in [-0.2, 0) is 4.79 Å². The molecule has 0 saturated heterocycles. The predicted molar refractivity (Wildman–Crippen MR) is 56.7 cm³/mol. The molecule has 7 heteroatoms. The monoisotopic (exact) mass is 220 g/mol. The SMILES string of the molecule is O=C1CC=NN1Nc1cccc([N+](=O)[O-])c1. The number of carbonyl (C=O) groups excluding carboxylic acids is 1. The van der Waals surface area contributed by atoms with E-state index in [9.17, 15) is 14.9 Å². The fraction of sp³-hybridized carbons (Fsp3) is 0.111. The predicted octanol–water partition coefficient (Wildman–Crippen LogP) is 1.14. The lowest BCUT2D eigenvalue weighted by Gasteiger charge is -2.13. The first-order chi connectivity index (χ1) is 7.66. The van der Waals surface area contributed by atoms with Crippen molar-refractivity contribution in [3.8, 4) is 0 Å². The maximum absolute atomic E-state index is 11.2. The average Bonchev–Trinajstić information content (AvgIpc) is 2.65. The van der Waals surface area contributed by atoms with Gasteiger partial charge in [-0.3, -0.25) is 20.3 Å². The van der Waals surface area contributed by atoms with Crippen molar-refractivity contribution in [1.82, 2.24) is 5.12 Å². The highest BCUT2D eigenvalue weighted by Crippen LogP contribution is 2.18. The van der Waals surface area contributed by atoms with Crippen molar-refractivity contribution in [2.75, 3.05) is 5.43 Å². The summed E-state index contributed by atoms with van der Waals surface area (Å²) in [5.41, 5.74) is 3.07. The molecule has 0 saturated carbocycles. The van der Waals surface area contributed by atoms with E-state index in [0.717, 1.165) is 5.12 Å². The van der Waals surface area contributed by atoms with Gasteiger partial charge in [-0.25, -0.2) is 0 Å². The average molecular weight is 220 g/mol. The van der Waals surface area contributed by atoms with Crippen LogP contribution < -0.4 is 5.43 Å². The van der Waals surface area contributed by atoms with Gasteiger partial charge in [0, 0.05) is 18.3 Å². The summed E-state index contributed by atoms with van der Waals surface area (Å²) in [6.45, 7) is 0. The van der Waals surface area contributed by atoms with Gasteiger partial charge in [-0.05, 0) is 6.07 Å². The Balaban J connectivity index is 2.15. The summed E-state index contributed by atoms with van der Waals surface area (Å²) in [7, 11) is 0. The van der Waals surface area contributed by atoms with E-state index in [1.807, 2.05) is 0 Å². The Bertz CT molecular complexity index is 472. The summed E-state index contributed by atoms with van der Waals surface area (Å²) in [4.78, 5) is 21.2. The third-order valence-electron chi connectivity index (χ3n) is 1.99. The van der Waals surface area contributed by atoms with Crippen molar-refractivity contribution in [1.29, 1.82) is 0 Å². The molecule has 1 aromatic rings. The smallest absolute Gasteiger partial charge is 0.271 e. The molecule has 82 valence electrons. The van der Waals surface area contributed by atoms with Crippen LogP contribution in [0.1, 0.15) is 6.42 Å². The number of nitro groups is 1. The van der Waals surface area contributed by atoms with E-state index in [-0.39, 0.29) is 18.0 Å². The van der Waals surface area contributed by atoms with Gasteiger partial charge in [0.25, 0.3) is 11.6 Å². The molecule has 1 aliphatic heterocycles. The Morgan fingerprint density at radius 3 is 2.94 bits per heavy atom. The molecule has 2 rings (SSSR count). The van der Waals surface area contributed by atoms with Gasteiger partial charge in [0.15, 0.2) is 0 Å². The molecule has 0 spiro atoms. The first-order valence-electron chi connectivity index (χ1n) is 4.53. The zero-order valence-electron chi connectivity index (χ0n) is 8.16. The third-order valence-corrected chi connectivity index (χ3v) is 1.99. The number of nitrogens with zero attached hydrogens (tertiary/aromatic N) is 3. The third kappa shape index (κ3) is 1.97. The molecule has 7 nitrogen and oxygen atoms in total. The van der Waals surface area contributed by atoms with Crippen molar-refractivity contribution < 1.29 is 9.72 Å². The molecule has 0 aromatic heterocycles. The van der Waals surface area contributed by atoms with E-state index < -0.39 is 4.92 Å². The van der Waals surface area contributed by atoms with Crippen molar-refractivity contribution in [3.63, 3.8) is 0 Å². The van der Waals surface area contributed by atoms with Crippen molar-refractivity contribution >= 4 is 23.5 Å². The summed E-state index contributed by atoms with van der Waals surface area (Å²) >= 11 is 0. The van der Waals surface area contributed by atoms with E-state index in [0.29, 0.717) is 5.69 Å². The van der Waals surface area contributed by atoms with E-state index in [4.69, 9.17) is 0 Å². The number of hydrogen-bond acceptors (Lipinski definition) is 5. The topological polar surface area (TPSA) is 87.8 Å². The summed E-state index contributed by atoms with van der Waals surface area (Å²) in [6.07, 6.45) is 1.70. The van der Waals surface area contributed by atoms with Gasteiger partial charge < -0.3 is 0 Å². The van der Waals surface area contributed by atoms with Crippen LogP contribution in [0.25, 0.3) is 0 Å². The van der Waals surface area contributed by atoms with Gasteiger partial charge >= 0.3 is 0 Å². The van der Waals surface area contributed by atoms with Crippen LogP contribution in [0, 0.1) is 10.1 Å². The molecule has 1 aromatic carbocycles. The number of carbonyl (C=O) groups is 1. The number of rotatable bonds is 3. The Kier molecular flexibility index (Phi) is 2.50.